The number of likely N-dealkylation sites (tertiary alicyclic amines) is 1. The van der Waals surface area contributed by atoms with Crippen molar-refractivity contribution < 1.29 is 9.90 Å². The van der Waals surface area contributed by atoms with Crippen LogP contribution >= 0.6 is 11.8 Å². The zero-order valence-corrected chi connectivity index (χ0v) is 19.5. The fourth-order valence-electron chi connectivity index (χ4n) is 5.39. The molecule has 1 fully saturated rings. The Morgan fingerprint density at radius 2 is 2.13 bits per heavy atom. The Balaban J connectivity index is 1.72. The van der Waals surface area contributed by atoms with Crippen molar-refractivity contribution >= 4 is 28.7 Å². The van der Waals surface area contributed by atoms with Gasteiger partial charge < -0.3 is 25.2 Å². The molecule has 0 spiro atoms. The first-order valence-electron chi connectivity index (χ1n) is 11.0. The van der Waals surface area contributed by atoms with E-state index in [9.17, 15) is 9.90 Å². The molecular formula is C23H34N4O2S. The van der Waals surface area contributed by atoms with Crippen molar-refractivity contribution in [3.63, 3.8) is 0 Å². The molecule has 1 saturated heterocycles. The molecule has 1 aliphatic carbocycles. The lowest BCUT2D eigenvalue weighted by atomic mass is 9.73. The van der Waals surface area contributed by atoms with Crippen LogP contribution in [0.4, 0.5) is 4.79 Å². The predicted octanol–water partition coefficient (Wildman–Crippen LogP) is 3.71. The van der Waals surface area contributed by atoms with Crippen molar-refractivity contribution in [3.05, 3.63) is 28.8 Å². The van der Waals surface area contributed by atoms with E-state index in [1.165, 1.54) is 21.5 Å². The Labute approximate surface area is 183 Å². The maximum atomic E-state index is 12.7. The third-order valence-electron chi connectivity index (χ3n) is 6.97. The maximum Gasteiger partial charge on any atom is 0.317 e. The topological polar surface area (TPSA) is 71.6 Å². The van der Waals surface area contributed by atoms with E-state index in [-0.39, 0.29) is 12.1 Å². The number of aromatic nitrogens is 1. The number of benzene rings is 1. The molecule has 6 nitrogen and oxygen atoms in total. The minimum absolute atomic E-state index is 0.0301. The third kappa shape index (κ3) is 3.61. The van der Waals surface area contributed by atoms with Crippen molar-refractivity contribution in [1.82, 2.24) is 20.1 Å². The number of fused-ring (bicyclic) bond motifs is 2. The molecule has 2 aliphatic rings. The molecule has 4 atom stereocenters. The highest BCUT2D eigenvalue weighted by atomic mass is 32.2. The third-order valence-corrected chi connectivity index (χ3v) is 7.73. The van der Waals surface area contributed by atoms with Gasteiger partial charge in [0.15, 0.2) is 0 Å². The van der Waals surface area contributed by atoms with Gasteiger partial charge in [0, 0.05) is 48.5 Å². The molecular weight excluding hydrogens is 396 g/mol. The summed E-state index contributed by atoms with van der Waals surface area (Å²) in [5, 5.41) is 16.1. The van der Waals surface area contributed by atoms with Crippen LogP contribution in [-0.2, 0) is 6.42 Å². The largest absolute Gasteiger partial charge is 0.389 e. The van der Waals surface area contributed by atoms with Gasteiger partial charge in [-0.2, -0.15) is 0 Å². The Hall–Kier alpha value is -1.70. The molecule has 2 aromatic rings. The van der Waals surface area contributed by atoms with Crippen LogP contribution in [0, 0.1) is 0 Å². The van der Waals surface area contributed by atoms with E-state index in [0.717, 1.165) is 43.6 Å². The standard InChI is InChI=1S/C23H34N4O2S/c1-6-27(7-2)23(29)24-15-10-16-17-8-14(13(3)28)9-19-21(17)18(22(25-19)30-5)11-20(16)26(4)12-15/h8-9,13,15-16,20,25,28H,6-7,10-12H2,1-5H3,(H,24,29)/t13?,15-,16+,20+/m0/s1. The minimum Gasteiger partial charge on any atom is -0.389 e. The van der Waals surface area contributed by atoms with Crippen molar-refractivity contribution in [2.24, 2.45) is 0 Å². The molecule has 1 aliphatic heterocycles. The Kier molecular flexibility index (Phi) is 6.06. The summed E-state index contributed by atoms with van der Waals surface area (Å²) in [6, 6.07) is 4.86. The minimum atomic E-state index is -0.505. The number of hydrogen-bond acceptors (Lipinski definition) is 4. The summed E-state index contributed by atoms with van der Waals surface area (Å²) >= 11 is 1.76. The number of thioether (sulfide) groups is 1. The number of aliphatic hydroxyl groups is 1. The van der Waals surface area contributed by atoms with Crippen molar-refractivity contribution in [2.75, 3.05) is 32.9 Å². The predicted molar refractivity (Wildman–Crippen MR) is 123 cm³/mol. The number of nitrogens with zero attached hydrogens (tertiary/aromatic N) is 2. The van der Waals surface area contributed by atoms with E-state index in [2.05, 4.69) is 40.6 Å². The van der Waals surface area contributed by atoms with E-state index in [0.29, 0.717) is 12.0 Å². The van der Waals surface area contributed by atoms with Crippen LogP contribution in [0.5, 0.6) is 0 Å². The van der Waals surface area contributed by atoms with Crippen LogP contribution < -0.4 is 5.32 Å². The van der Waals surface area contributed by atoms with Gasteiger partial charge in [-0.1, -0.05) is 6.07 Å². The van der Waals surface area contributed by atoms with Crippen LogP contribution in [0.2, 0.25) is 0 Å². The van der Waals surface area contributed by atoms with Gasteiger partial charge in [-0.05, 0) is 69.7 Å². The SMILES string of the molecule is CCN(CC)C(=O)N[C@H]1C[C@@H]2c3cc(C(C)O)cc4[nH]c(SC)c(c34)C[C@H]2N(C)C1. The molecule has 3 N–H and O–H groups in total. The summed E-state index contributed by atoms with van der Waals surface area (Å²) in [6.45, 7) is 8.16. The highest BCUT2D eigenvalue weighted by Gasteiger charge is 2.41. The monoisotopic (exact) mass is 430 g/mol. The number of piperidine rings is 1. The van der Waals surface area contributed by atoms with Crippen LogP contribution in [0.25, 0.3) is 10.9 Å². The van der Waals surface area contributed by atoms with Crippen molar-refractivity contribution in [3.8, 4) is 0 Å². The summed E-state index contributed by atoms with van der Waals surface area (Å²) in [6.07, 6.45) is 3.57. The first-order valence-corrected chi connectivity index (χ1v) is 12.3. The number of amides is 2. The molecule has 1 aromatic carbocycles. The Bertz CT molecular complexity index is 937. The van der Waals surface area contributed by atoms with Gasteiger partial charge in [-0.25, -0.2) is 4.79 Å². The molecule has 0 radical (unpaired) electrons. The van der Waals surface area contributed by atoms with Gasteiger partial charge >= 0.3 is 6.03 Å². The summed E-state index contributed by atoms with van der Waals surface area (Å²) in [4.78, 5) is 20.5. The van der Waals surface area contributed by atoms with Gasteiger partial charge in [0.05, 0.1) is 11.1 Å². The number of H-pyrrole nitrogens is 1. The van der Waals surface area contributed by atoms with Crippen LogP contribution in [0.1, 0.15) is 55.9 Å². The van der Waals surface area contributed by atoms with E-state index < -0.39 is 6.10 Å². The van der Waals surface area contributed by atoms with Gasteiger partial charge in [0.1, 0.15) is 0 Å². The first kappa shape index (κ1) is 21.5. The number of rotatable bonds is 5. The molecule has 2 amide bonds. The molecule has 7 heteroatoms. The quantitative estimate of drug-likeness (QED) is 0.633. The fourth-order valence-corrected chi connectivity index (χ4v) is 6.03. The summed E-state index contributed by atoms with van der Waals surface area (Å²) < 4.78 is 0. The van der Waals surface area contributed by atoms with Crippen LogP contribution in [0.3, 0.4) is 0 Å². The molecule has 1 unspecified atom stereocenters. The molecule has 30 heavy (non-hydrogen) atoms. The van der Waals surface area contributed by atoms with Gasteiger partial charge in [-0.3, -0.25) is 0 Å². The second-order valence-electron chi connectivity index (χ2n) is 8.72. The molecule has 164 valence electrons. The van der Waals surface area contributed by atoms with E-state index in [1.54, 1.807) is 11.8 Å². The van der Waals surface area contributed by atoms with E-state index >= 15 is 0 Å². The number of likely N-dealkylation sites (N-methyl/N-ethyl adjacent to an activating group) is 1. The second-order valence-corrected chi connectivity index (χ2v) is 9.53. The van der Waals surface area contributed by atoms with Gasteiger partial charge in [0.25, 0.3) is 0 Å². The number of nitrogens with one attached hydrogen (secondary N) is 2. The van der Waals surface area contributed by atoms with Crippen molar-refractivity contribution in [1.29, 1.82) is 0 Å². The second kappa shape index (κ2) is 8.44. The van der Waals surface area contributed by atoms with Gasteiger partial charge in [-0.15, -0.1) is 11.8 Å². The molecule has 0 saturated carbocycles. The summed E-state index contributed by atoms with van der Waals surface area (Å²) in [7, 11) is 2.18. The van der Waals surface area contributed by atoms with Crippen molar-refractivity contribution in [2.45, 2.75) is 62.7 Å². The number of carbonyl (C=O) groups is 1. The Morgan fingerprint density at radius 1 is 1.40 bits per heavy atom. The highest BCUT2D eigenvalue weighted by Crippen LogP contribution is 2.46. The lowest BCUT2D eigenvalue weighted by molar-refractivity contribution is 0.123. The van der Waals surface area contributed by atoms with Crippen LogP contribution in [0.15, 0.2) is 17.2 Å². The average molecular weight is 431 g/mol. The average Bonchev–Trinajstić information content (AvgIpc) is 3.08. The lowest BCUT2D eigenvalue weighted by Gasteiger charge is -2.46. The van der Waals surface area contributed by atoms with E-state index in [4.69, 9.17) is 0 Å². The number of hydrogen-bond donors (Lipinski definition) is 3. The smallest absolute Gasteiger partial charge is 0.317 e. The van der Waals surface area contributed by atoms with Crippen LogP contribution in [-0.4, -0.2) is 70.9 Å². The number of aliphatic hydroxyl groups excluding tert-OH is 1. The zero-order valence-electron chi connectivity index (χ0n) is 18.7. The fraction of sp³-hybridized carbons (Fsp3) is 0.609. The van der Waals surface area contributed by atoms with E-state index in [1.807, 2.05) is 25.7 Å². The molecule has 2 heterocycles. The Morgan fingerprint density at radius 3 is 2.77 bits per heavy atom. The summed E-state index contributed by atoms with van der Waals surface area (Å²) in [5.41, 5.74) is 4.80. The summed E-state index contributed by atoms with van der Waals surface area (Å²) in [5.74, 6) is 0.338. The highest BCUT2D eigenvalue weighted by molar-refractivity contribution is 7.98. The molecule has 1 aromatic heterocycles. The zero-order chi connectivity index (χ0) is 21.6. The molecule has 0 bridgehead atoms. The lowest BCUT2D eigenvalue weighted by Crippen LogP contribution is -2.56. The normalized spacial score (nSPS) is 24.5. The first-order chi connectivity index (χ1) is 14.4. The maximum absolute atomic E-state index is 12.7. The molecule has 4 rings (SSSR count). The number of urea groups is 1. The number of aromatic amines is 1. The van der Waals surface area contributed by atoms with Gasteiger partial charge in [0.2, 0.25) is 0 Å². The number of carbonyl (C=O) groups excluding carboxylic acids is 1.